The second-order valence-electron chi connectivity index (χ2n) is 6.42. The summed E-state index contributed by atoms with van der Waals surface area (Å²) in [5, 5.41) is 3.39. The molecular weight excluding hydrogens is 250 g/mol. The van der Waals surface area contributed by atoms with Gasteiger partial charge < -0.3 is 10.1 Å². The van der Waals surface area contributed by atoms with Gasteiger partial charge in [-0.1, -0.05) is 33.8 Å². The first-order valence-electron chi connectivity index (χ1n) is 7.56. The summed E-state index contributed by atoms with van der Waals surface area (Å²) >= 11 is 0. The van der Waals surface area contributed by atoms with Crippen molar-refractivity contribution in [1.82, 2.24) is 5.32 Å². The average molecular weight is 279 g/mol. The highest BCUT2D eigenvalue weighted by Crippen LogP contribution is 2.35. The highest BCUT2D eigenvalue weighted by Gasteiger charge is 2.35. The van der Waals surface area contributed by atoms with Gasteiger partial charge in [-0.05, 0) is 31.1 Å². The first kappa shape index (κ1) is 17.0. The number of ketones is 1. The fourth-order valence-corrected chi connectivity index (χ4v) is 3.17. The van der Waals surface area contributed by atoms with Gasteiger partial charge in [-0.2, -0.15) is 0 Å². The fraction of sp³-hybridized carbons (Fsp3) is 0.706. The molecule has 0 bridgehead atoms. The number of nitrogens with one attached hydrogen (secondary N) is 1. The Bertz CT molecular complexity index is 403. The van der Waals surface area contributed by atoms with Crippen LogP contribution in [0.25, 0.3) is 0 Å². The van der Waals surface area contributed by atoms with Gasteiger partial charge in [-0.15, -0.1) is 0 Å². The minimum absolute atomic E-state index is 0.0202. The number of hydrogen-bond donors (Lipinski definition) is 1. The number of rotatable bonds is 5. The van der Waals surface area contributed by atoms with Gasteiger partial charge in [0.25, 0.3) is 0 Å². The molecule has 3 nitrogen and oxygen atoms in total. The van der Waals surface area contributed by atoms with Crippen LogP contribution in [0.1, 0.15) is 47.0 Å². The molecule has 1 N–H and O–H groups in total. The Morgan fingerprint density at radius 3 is 2.25 bits per heavy atom. The minimum Gasteiger partial charge on any atom is -0.496 e. The highest BCUT2D eigenvalue weighted by atomic mass is 16.5. The van der Waals surface area contributed by atoms with Gasteiger partial charge >= 0.3 is 0 Å². The molecule has 1 aliphatic carbocycles. The molecule has 1 heterocycles. The zero-order chi connectivity index (χ0) is 15.3. The van der Waals surface area contributed by atoms with Crippen molar-refractivity contribution in [3.8, 4) is 0 Å². The van der Waals surface area contributed by atoms with Gasteiger partial charge in [-0.3, -0.25) is 4.79 Å². The second-order valence-corrected chi connectivity index (χ2v) is 6.42. The van der Waals surface area contributed by atoms with Crippen LogP contribution in [0.2, 0.25) is 0 Å². The third-order valence-corrected chi connectivity index (χ3v) is 4.06. The number of allylic oxidation sites excluding steroid dienone is 2. The number of carbonyl (C=O) groups is 1. The molecule has 114 valence electrons. The van der Waals surface area contributed by atoms with E-state index in [1.807, 2.05) is 0 Å². The lowest BCUT2D eigenvalue weighted by Gasteiger charge is -2.44. The van der Waals surface area contributed by atoms with E-state index in [-0.39, 0.29) is 5.78 Å². The third-order valence-electron chi connectivity index (χ3n) is 4.06. The maximum atomic E-state index is 10.7. The summed E-state index contributed by atoms with van der Waals surface area (Å²) in [5.74, 6) is 1.54. The largest absolute Gasteiger partial charge is 0.496 e. The van der Waals surface area contributed by atoms with Crippen LogP contribution in [0, 0.1) is 11.3 Å². The van der Waals surface area contributed by atoms with Crippen LogP contribution in [0.4, 0.5) is 0 Å². The Labute approximate surface area is 123 Å². The molecule has 0 saturated carbocycles. The lowest BCUT2D eigenvalue weighted by atomic mass is 9.72. The normalized spacial score (nSPS) is 20.1. The van der Waals surface area contributed by atoms with Crippen molar-refractivity contribution >= 4 is 5.78 Å². The second kappa shape index (κ2) is 7.07. The summed E-state index contributed by atoms with van der Waals surface area (Å²) in [6, 6.07) is 0. The number of methoxy groups -OCH3 is 1. The number of Topliss-reactive ketones (excluding diaryl/α,β-unsaturated/α-hetero) is 1. The van der Waals surface area contributed by atoms with Crippen LogP contribution in [0.15, 0.2) is 23.5 Å². The summed E-state index contributed by atoms with van der Waals surface area (Å²) < 4.78 is 4.84. The lowest BCUT2D eigenvalue weighted by Crippen LogP contribution is -2.53. The van der Waals surface area contributed by atoms with E-state index in [1.54, 1.807) is 6.92 Å². The van der Waals surface area contributed by atoms with E-state index in [0.29, 0.717) is 22.3 Å². The Hall–Kier alpha value is -1.09. The van der Waals surface area contributed by atoms with Gasteiger partial charge in [0.1, 0.15) is 5.76 Å². The molecule has 3 heteroatoms. The van der Waals surface area contributed by atoms with Gasteiger partial charge in [0, 0.05) is 18.7 Å². The molecule has 0 spiro atoms. The lowest BCUT2D eigenvalue weighted by molar-refractivity contribution is -0.113. The molecule has 1 fully saturated rings. The molecular formula is C17H29NO2. The van der Waals surface area contributed by atoms with Crippen LogP contribution in [-0.2, 0) is 9.53 Å². The van der Waals surface area contributed by atoms with Crippen molar-refractivity contribution in [1.29, 1.82) is 0 Å². The van der Waals surface area contributed by atoms with Crippen molar-refractivity contribution in [2.75, 3.05) is 20.2 Å². The van der Waals surface area contributed by atoms with Crippen molar-refractivity contribution in [3.05, 3.63) is 23.5 Å². The molecule has 0 radical (unpaired) electrons. The maximum absolute atomic E-state index is 10.7. The summed E-state index contributed by atoms with van der Waals surface area (Å²) in [6.07, 6.45) is 4.17. The third kappa shape index (κ3) is 3.72. The van der Waals surface area contributed by atoms with Crippen LogP contribution < -0.4 is 5.32 Å². The van der Waals surface area contributed by atoms with Gasteiger partial charge in [0.05, 0.1) is 12.7 Å². The number of ether oxygens (including phenoxy) is 1. The molecule has 0 unspecified atom stereocenters. The molecule has 20 heavy (non-hydrogen) atoms. The predicted molar refractivity (Wildman–Crippen MR) is 83.5 cm³/mol. The first-order valence-corrected chi connectivity index (χ1v) is 7.56. The van der Waals surface area contributed by atoms with E-state index in [1.165, 1.54) is 39.5 Å². The van der Waals surface area contributed by atoms with Gasteiger partial charge in [0.15, 0.2) is 5.78 Å². The number of carbonyl (C=O) groups excluding carboxylic acids is 1. The van der Waals surface area contributed by atoms with Gasteiger partial charge in [-0.25, -0.2) is 0 Å². The van der Waals surface area contributed by atoms with E-state index in [4.69, 9.17) is 4.74 Å². The Kier molecular flexibility index (Phi) is 6.00. The Morgan fingerprint density at radius 2 is 2.00 bits per heavy atom. The van der Waals surface area contributed by atoms with Crippen molar-refractivity contribution in [2.45, 2.75) is 47.0 Å². The van der Waals surface area contributed by atoms with Crippen molar-refractivity contribution in [2.24, 2.45) is 11.3 Å². The molecule has 2 rings (SSSR count). The first-order chi connectivity index (χ1) is 9.37. The molecule has 2 aliphatic rings. The van der Waals surface area contributed by atoms with E-state index >= 15 is 0 Å². The molecule has 1 aliphatic heterocycles. The monoisotopic (exact) mass is 279 g/mol. The SMILES string of the molecule is C=C1C(=O)C(C)=C1OC.CCCC1(CC(C)C)CNC1. The van der Waals surface area contributed by atoms with E-state index in [9.17, 15) is 4.79 Å². The highest BCUT2D eigenvalue weighted by molar-refractivity contribution is 6.18. The summed E-state index contributed by atoms with van der Waals surface area (Å²) in [7, 11) is 1.54. The van der Waals surface area contributed by atoms with Crippen LogP contribution in [0.5, 0.6) is 0 Å². The molecule has 0 amide bonds. The summed E-state index contributed by atoms with van der Waals surface area (Å²) in [4.78, 5) is 10.7. The quantitative estimate of drug-likeness (QED) is 0.783. The minimum atomic E-state index is 0.0202. The summed E-state index contributed by atoms with van der Waals surface area (Å²) in [6.45, 7) is 14.7. The topological polar surface area (TPSA) is 38.3 Å². The number of hydrogen-bond acceptors (Lipinski definition) is 3. The molecule has 0 aromatic carbocycles. The zero-order valence-corrected chi connectivity index (χ0v) is 13.6. The van der Waals surface area contributed by atoms with Gasteiger partial charge in [0.2, 0.25) is 0 Å². The van der Waals surface area contributed by atoms with Crippen molar-refractivity contribution in [3.63, 3.8) is 0 Å². The van der Waals surface area contributed by atoms with E-state index < -0.39 is 0 Å². The van der Waals surface area contributed by atoms with Crippen LogP contribution in [-0.4, -0.2) is 26.0 Å². The van der Waals surface area contributed by atoms with E-state index in [2.05, 4.69) is 32.7 Å². The van der Waals surface area contributed by atoms with Crippen LogP contribution in [0.3, 0.4) is 0 Å². The Morgan fingerprint density at radius 1 is 1.40 bits per heavy atom. The standard InChI is InChI=1S/C10H21N.C7H8O2/c1-4-5-10(6-9(2)3)7-11-8-10;1-4-6(8)5(2)7(4)9-3/h9,11H,4-8H2,1-3H3;1H2,2-3H3. The molecule has 1 saturated heterocycles. The fourth-order valence-electron chi connectivity index (χ4n) is 3.17. The maximum Gasteiger partial charge on any atom is 0.195 e. The molecule has 0 atom stereocenters. The van der Waals surface area contributed by atoms with Crippen molar-refractivity contribution < 1.29 is 9.53 Å². The molecule has 0 aromatic rings. The summed E-state index contributed by atoms with van der Waals surface area (Å²) in [5.41, 5.74) is 1.86. The zero-order valence-electron chi connectivity index (χ0n) is 13.6. The predicted octanol–water partition coefficient (Wildman–Crippen LogP) is 3.47. The Balaban J connectivity index is 0.000000204. The smallest absolute Gasteiger partial charge is 0.195 e. The van der Waals surface area contributed by atoms with E-state index in [0.717, 1.165) is 5.92 Å². The van der Waals surface area contributed by atoms with Crippen LogP contribution >= 0.6 is 0 Å². The molecule has 0 aromatic heterocycles. The average Bonchev–Trinajstić information content (AvgIpc) is 2.37.